The molecule has 2 rings (SSSR count). The van der Waals surface area contributed by atoms with Crippen LogP contribution < -0.4 is 10.0 Å². The molecule has 0 saturated carbocycles. The Labute approximate surface area is 152 Å². The maximum Gasteiger partial charge on any atom is 0.328 e. The van der Waals surface area contributed by atoms with Crippen LogP contribution >= 0.6 is 0 Å². The number of sulfonamides is 1. The second kappa shape index (κ2) is 8.59. The van der Waals surface area contributed by atoms with E-state index in [-0.39, 0.29) is 17.4 Å². The van der Waals surface area contributed by atoms with Crippen molar-refractivity contribution in [2.75, 3.05) is 11.9 Å². The molecule has 0 radical (unpaired) electrons. The number of anilines is 1. The summed E-state index contributed by atoms with van der Waals surface area (Å²) in [6, 6.07) is 12.9. The van der Waals surface area contributed by atoms with Gasteiger partial charge >= 0.3 is 5.97 Å². The van der Waals surface area contributed by atoms with Crippen molar-refractivity contribution in [2.24, 2.45) is 0 Å². The zero-order valence-electron chi connectivity index (χ0n) is 14.4. The third-order valence-electron chi connectivity index (χ3n) is 3.41. The molecule has 26 heavy (non-hydrogen) atoms. The second-order valence-electron chi connectivity index (χ2n) is 5.42. The van der Waals surface area contributed by atoms with Crippen LogP contribution in [-0.4, -0.2) is 26.9 Å². The summed E-state index contributed by atoms with van der Waals surface area (Å²) in [5.74, 6) is -0.942. The van der Waals surface area contributed by atoms with E-state index in [1.54, 1.807) is 37.3 Å². The molecule has 138 valence electrons. The number of amides is 1. The first kappa shape index (κ1) is 19.6. The van der Waals surface area contributed by atoms with E-state index in [4.69, 9.17) is 4.74 Å². The first-order chi connectivity index (χ1) is 12.3. The normalized spacial score (nSPS) is 12.2. The summed E-state index contributed by atoms with van der Waals surface area (Å²) in [6.45, 7) is 3.14. The largest absolute Gasteiger partial charge is 0.465 e. The number of nitrogens with one attached hydrogen (secondary N) is 2. The Bertz CT molecular complexity index is 864. The SMILES string of the molecule is CCOC(=O)[C@H](NS(=O)(=O)c1ccc(NC(C)=O)cc1)c1ccccc1. The van der Waals surface area contributed by atoms with E-state index >= 15 is 0 Å². The summed E-state index contributed by atoms with van der Waals surface area (Å²) in [7, 11) is -3.98. The summed E-state index contributed by atoms with van der Waals surface area (Å²) in [5.41, 5.74) is 0.950. The number of hydrogen-bond acceptors (Lipinski definition) is 5. The van der Waals surface area contributed by atoms with Gasteiger partial charge in [-0.2, -0.15) is 4.72 Å². The lowest BCUT2D eigenvalue weighted by molar-refractivity contribution is -0.145. The third-order valence-corrected chi connectivity index (χ3v) is 4.85. The van der Waals surface area contributed by atoms with Gasteiger partial charge in [0, 0.05) is 12.6 Å². The molecule has 0 aliphatic heterocycles. The zero-order valence-corrected chi connectivity index (χ0v) is 15.2. The van der Waals surface area contributed by atoms with E-state index in [2.05, 4.69) is 10.0 Å². The molecule has 0 aromatic heterocycles. The van der Waals surface area contributed by atoms with Gasteiger partial charge in [-0.15, -0.1) is 0 Å². The fraction of sp³-hybridized carbons (Fsp3) is 0.222. The molecule has 0 heterocycles. The van der Waals surface area contributed by atoms with Crippen molar-refractivity contribution in [1.29, 1.82) is 0 Å². The minimum atomic E-state index is -3.98. The predicted molar refractivity (Wildman–Crippen MR) is 96.9 cm³/mol. The standard InChI is InChI=1S/C18H20N2O5S/c1-3-25-18(22)17(14-7-5-4-6-8-14)20-26(23,24)16-11-9-15(10-12-16)19-13(2)21/h4-12,17,20H,3H2,1-2H3,(H,19,21)/t17-/m1/s1. The summed E-state index contributed by atoms with van der Waals surface area (Å²) >= 11 is 0. The average Bonchev–Trinajstić information content (AvgIpc) is 2.60. The molecule has 1 atom stereocenters. The maximum atomic E-state index is 12.7. The molecular formula is C18H20N2O5S. The lowest BCUT2D eigenvalue weighted by atomic mass is 10.1. The van der Waals surface area contributed by atoms with Crippen molar-refractivity contribution in [3.05, 3.63) is 60.2 Å². The molecule has 0 bridgehead atoms. The van der Waals surface area contributed by atoms with Crippen molar-refractivity contribution >= 4 is 27.6 Å². The number of benzene rings is 2. The maximum absolute atomic E-state index is 12.7. The molecule has 7 nitrogen and oxygen atoms in total. The highest BCUT2D eigenvalue weighted by atomic mass is 32.2. The van der Waals surface area contributed by atoms with Gasteiger partial charge < -0.3 is 10.1 Å². The highest BCUT2D eigenvalue weighted by molar-refractivity contribution is 7.89. The van der Waals surface area contributed by atoms with Crippen LogP contribution in [0, 0.1) is 0 Å². The van der Waals surface area contributed by atoms with Crippen LogP contribution in [0.1, 0.15) is 25.5 Å². The average molecular weight is 376 g/mol. The smallest absolute Gasteiger partial charge is 0.328 e. The molecule has 2 aromatic rings. The monoisotopic (exact) mass is 376 g/mol. The van der Waals surface area contributed by atoms with Crippen LogP contribution in [0.25, 0.3) is 0 Å². The van der Waals surface area contributed by atoms with Gasteiger partial charge in [0.25, 0.3) is 0 Å². The molecule has 0 unspecified atom stereocenters. The van der Waals surface area contributed by atoms with Gasteiger partial charge in [-0.05, 0) is 36.8 Å². The van der Waals surface area contributed by atoms with Crippen LogP contribution in [0.5, 0.6) is 0 Å². The highest BCUT2D eigenvalue weighted by Crippen LogP contribution is 2.20. The number of carbonyl (C=O) groups excluding carboxylic acids is 2. The molecule has 2 N–H and O–H groups in total. The topological polar surface area (TPSA) is 102 Å². The molecule has 1 amide bonds. The van der Waals surface area contributed by atoms with E-state index in [1.165, 1.54) is 31.2 Å². The minimum absolute atomic E-state index is 0.0307. The lowest BCUT2D eigenvalue weighted by Crippen LogP contribution is -2.35. The lowest BCUT2D eigenvalue weighted by Gasteiger charge is -2.18. The molecule has 0 aliphatic rings. The molecule has 0 aliphatic carbocycles. The van der Waals surface area contributed by atoms with Crippen LogP contribution in [0.15, 0.2) is 59.5 Å². The van der Waals surface area contributed by atoms with E-state index in [0.717, 1.165) is 0 Å². The van der Waals surface area contributed by atoms with Crippen molar-refractivity contribution in [3.8, 4) is 0 Å². The Morgan fingerprint density at radius 1 is 1.04 bits per heavy atom. The highest BCUT2D eigenvalue weighted by Gasteiger charge is 2.28. The van der Waals surface area contributed by atoms with Crippen molar-refractivity contribution in [1.82, 2.24) is 4.72 Å². The summed E-state index contributed by atoms with van der Waals surface area (Å²) in [6.07, 6.45) is 0. The van der Waals surface area contributed by atoms with E-state index in [0.29, 0.717) is 11.3 Å². The third kappa shape index (κ3) is 5.14. The van der Waals surface area contributed by atoms with Crippen molar-refractivity contribution < 1.29 is 22.7 Å². The summed E-state index contributed by atoms with van der Waals surface area (Å²) in [4.78, 5) is 23.2. The summed E-state index contributed by atoms with van der Waals surface area (Å²) in [5, 5.41) is 2.56. The van der Waals surface area contributed by atoms with Crippen LogP contribution in [0.3, 0.4) is 0 Å². The number of hydrogen-bond donors (Lipinski definition) is 2. The minimum Gasteiger partial charge on any atom is -0.465 e. The Hall–Kier alpha value is -2.71. The fourth-order valence-electron chi connectivity index (χ4n) is 2.27. The molecule has 2 aromatic carbocycles. The Morgan fingerprint density at radius 3 is 2.19 bits per heavy atom. The van der Waals surface area contributed by atoms with Crippen LogP contribution in [0.2, 0.25) is 0 Å². The quantitative estimate of drug-likeness (QED) is 0.722. The van der Waals surface area contributed by atoms with E-state index in [9.17, 15) is 18.0 Å². The van der Waals surface area contributed by atoms with Gasteiger partial charge in [0.15, 0.2) is 0 Å². The predicted octanol–water partition coefficient (Wildman–Crippen LogP) is 2.23. The number of rotatable bonds is 7. The Balaban J connectivity index is 2.28. The Kier molecular flexibility index (Phi) is 6.48. The molecule has 8 heteroatoms. The second-order valence-corrected chi connectivity index (χ2v) is 7.14. The van der Waals surface area contributed by atoms with E-state index in [1.807, 2.05) is 0 Å². The van der Waals surface area contributed by atoms with Gasteiger partial charge in [0.1, 0.15) is 6.04 Å². The molecule has 0 spiro atoms. The zero-order chi connectivity index (χ0) is 19.2. The fourth-order valence-corrected chi connectivity index (χ4v) is 3.44. The Morgan fingerprint density at radius 2 is 1.65 bits per heavy atom. The summed E-state index contributed by atoms with van der Waals surface area (Å²) < 4.78 is 32.7. The van der Waals surface area contributed by atoms with Crippen LogP contribution in [0.4, 0.5) is 5.69 Å². The molecular weight excluding hydrogens is 356 g/mol. The first-order valence-corrected chi connectivity index (χ1v) is 9.43. The number of ether oxygens (including phenoxy) is 1. The molecule has 0 fully saturated rings. The van der Waals surface area contributed by atoms with Crippen molar-refractivity contribution in [2.45, 2.75) is 24.8 Å². The first-order valence-electron chi connectivity index (χ1n) is 7.95. The van der Waals surface area contributed by atoms with Gasteiger partial charge in [-0.1, -0.05) is 30.3 Å². The molecule has 0 saturated heterocycles. The van der Waals surface area contributed by atoms with Crippen LogP contribution in [-0.2, 0) is 24.3 Å². The number of carbonyl (C=O) groups is 2. The van der Waals surface area contributed by atoms with E-state index < -0.39 is 22.0 Å². The number of esters is 1. The van der Waals surface area contributed by atoms with Crippen molar-refractivity contribution in [3.63, 3.8) is 0 Å². The van der Waals surface area contributed by atoms with Gasteiger partial charge in [0.2, 0.25) is 15.9 Å². The van der Waals surface area contributed by atoms with Gasteiger partial charge in [0.05, 0.1) is 11.5 Å². The van der Waals surface area contributed by atoms with Gasteiger partial charge in [-0.25, -0.2) is 13.2 Å². The van der Waals surface area contributed by atoms with Gasteiger partial charge in [-0.3, -0.25) is 4.79 Å².